The van der Waals surface area contributed by atoms with Gasteiger partial charge < -0.3 is 20.2 Å². The van der Waals surface area contributed by atoms with Crippen LogP contribution in [0.4, 0.5) is 0 Å². The van der Waals surface area contributed by atoms with E-state index in [1.54, 1.807) is 0 Å². The lowest BCUT2D eigenvalue weighted by molar-refractivity contribution is 0.104. The van der Waals surface area contributed by atoms with Crippen LogP contribution in [-0.2, 0) is 0 Å². The molecular weight excluding hydrogens is 238 g/mol. The summed E-state index contributed by atoms with van der Waals surface area (Å²) in [6.45, 7) is 12.7. The molecule has 1 atom stereocenters. The molecule has 2 N–H and O–H groups in total. The first-order valence-electron chi connectivity index (χ1n) is 7.96. The molecule has 0 aromatic rings. The normalized spacial score (nSPS) is 25.4. The number of nitrogens with zero attached hydrogens (tertiary/aromatic N) is 2. The first-order chi connectivity index (χ1) is 9.15. The van der Waals surface area contributed by atoms with Gasteiger partial charge in [-0.2, -0.15) is 0 Å². The third-order valence-corrected chi connectivity index (χ3v) is 4.61. The molecule has 0 radical (unpaired) electrons. The van der Waals surface area contributed by atoms with Crippen LogP contribution in [0.15, 0.2) is 0 Å². The van der Waals surface area contributed by atoms with Gasteiger partial charge in [-0.05, 0) is 38.6 Å². The average molecular weight is 269 g/mol. The molecule has 112 valence electrons. The molecule has 2 aliphatic rings. The Morgan fingerprint density at radius 1 is 1.16 bits per heavy atom. The summed E-state index contributed by atoms with van der Waals surface area (Å²) in [6, 6.07) is 0. The van der Waals surface area contributed by atoms with Crippen molar-refractivity contribution in [3.63, 3.8) is 0 Å². The molecular formula is C15H31N3O. The zero-order chi connectivity index (χ0) is 13.7. The van der Waals surface area contributed by atoms with Crippen molar-refractivity contribution in [2.24, 2.45) is 5.92 Å². The Kier molecular flexibility index (Phi) is 5.63. The van der Waals surface area contributed by atoms with Gasteiger partial charge in [0.25, 0.3) is 0 Å². The lowest BCUT2D eigenvalue weighted by atomic mass is 9.98. The number of hydrogen-bond acceptors (Lipinski definition) is 4. The third kappa shape index (κ3) is 5.03. The van der Waals surface area contributed by atoms with E-state index in [1.807, 2.05) is 0 Å². The van der Waals surface area contributed by atoms with E-state index in [4.69, 9.17) is 0 Å². The van der Waals surface area contributed by atoms with E-state index < -0.39 is 0 Å². The van der Waals surface area contributed by atoms with E-state index in [0.29, 0.717) is 0 Å². The standard InChI is InChI=1S/C15H31N3O/c1-3-16-15(2,13-19)6-7-17-8-10-18(11-9-17)12-14-4-5-14/h14,16,19H,3-13H2,1-2H3. The van der Waals surface area contributed by atoms with Crippen molar-refractivity contribution < 1.29 is 5.11 Å². The van der Waals surface area contributed by atoms with Gasteiger partial charge >= 0.3 is 0 Å². The zero-order valence-electron chi connectivity index (χ0n) is 12.7. The predicted molar refractivity (Wildman–Crippen MR) is 79.4 cm³/mol. The molecule has 19 heavy (non-hydrogen) atoms. The van der Waals surface area contributed by atoms with Gasteiger partial charge in [-0.1, -0.05) is 6.92 Å². The fourth-order valence-electron chi connectivity index (χ4n) is 2.92. The molecule has 1 aliphatic heterocycles. The van der Waals surface area contributed by atoms with E-state index in [-0.39, 0.29) is 12.1 Å². The van der Waals surface area contributed by atoms with Gasteiger partial charge in [0.05, 0.1) is 6.61 Å². The van der Waals surface area contributed by atoms with Gasteiger partial charge in [-0.3, -0.25) is 0 Å². The van der Waals surface area contributed by atoms with E-state index in [1.165, 1.54) is 45.6 Å². The number of nitrogens with one attached hydrogen (secondary N) is 1. The largest absolute Gasteiger partial charge is 0.394 e. The number of piperazine rings is 1. The lowest BCUT2D eigenvalue weighted by Gasteiger charge is -2.37. The molecule has 1 saturated carbocycles. The Balaban J connectivity index is 1.64. The van der Waals surface area contributed by atoms with Gasteiger partial charge in [0.2, 0.25) is 0 Å². The molecule has 4 heteroatoms. The number of aliphatic hydroxyl groups excluding tert-OH is 1. The smallest absolute Gasteiger partial charge is 0.0611 e. The van der Waals surface area contributed by atoms with Crippen molar-refractivity contribution in [1.29, 1.82) is 0 Å². The second kappa shape index (κ2) is 7.02. The molecule has 0 amide bonds. The first kappa shape index (κ1) is 15.2. The Bertz CT molecular complexity index is 262. The third-order valence-electron chi connectivity index (χ3n) is 4.61. The highest BCUT2D eigenvalue weighted by atomic mass is 16.3. The molecule has 2 rings (SSSR count). The Morgan fingerprint density at radius 3 is 2.32 bits per heavy atom. The minimum Gasteiger partial charge on any atom is -0.394 e. The minimum atomic E-state index is -0.111. The first-order valence-corrected chi connectivity index (χ1v) is 7.96. The van der Waals surface area contributed by atoms with Gasteiger partial charge in [0.1, 0.15) is 0 Å². The summed E-state index contributed by atoms with van der Waals surface area (Å²) in [7, 11) is 0. The summed E-state index contributed by atoms with van der Waals surface area (Å²) in [5.41, 5.74) is -0.111. The monoisotopic (exact) mass is 269 g/mol. The SMILES string of the molecule is CCNC(C)(CO)CCN1CCN(CC2CC2)CC1. The van der Waals surface area contributed by atoms with Gasteiger partial charge in [0.15, 0.2) is 0 Å². The van der Waals surface area contributed by atoms with Crippen LogP contribution in [0.5, 0.6) is 0 Å². The molecule has 1 heterocycles. The van der Waals surface area contributed by atoms with Crippen LogP contribution in [0.3, 0.4) is 0 Å². The maximum absolute atomic E-state index is 9.50. The van der Waals surface area contributed by atoms with Crippen LogP contribution in [0.2, 0.25) is 0 Å². The maximum atomic E-state index is 9.50. The molecule has 1 unspecified atom stereocenters. The summed E-state index contributed by atoms with van der Waals surface area (Å²) >= 11 is 0. The molecule has 4 nitrogen and oxygen atoms in total. The molecule has 2 fully saturated rings. The summed E-state index contributed by atoms with van der Waals surface area (Å²) in [4.78, 5) is 5.18. The highest BCUT2D eigenvalue weighted by molar-refractivity contribution is 4.85. The fraction of sp³-hybridized carbons (Fsp3) is 1.00. The second-order valence-corrected chi connectivity index (χ2v) is 6.58. The number of rotatable bonds is 8. The fourth-order valence-corrected chi connectivity index (χ4v) is 2.92. The van der Waals surface area contributed by atoms with Crippen molar-refractivity contribution in [1.82, 2.24) is 15.1 Å². The van der Waals surface area contributed by atoms with Crippen LogP contribution >= 0.6 is 0 Å². The average Bonchev–Trinajstić information content (AvgIpc) is 3.22. The Hall–Kier alpha value is -0.160. The molecule has 1 saturated heterocycles. The van der Waals surface area contributed by atoms with Crippen LogP contribution in [0, 0.1) is 5.92 Å². The molecule has 0 spiro atoms. The van der Waals surface area contributed by atoms with Crippen molar-refractivity contribution in [3.05, 3.63) is 0 Å². The van der Waals surface area contributed by atoms with Gasteiger partial charge in [-0.25, -0.2) is 0 Å². The van der Waals surface area contributed by atoms with E-state index in [9.17, 15) is 5.11 Å². The van der Waals surface area contributed by atoms with E-state index >= 15 is 0 Å². The van der Waals surface area contributed by atoms with Crippen LogP contribution < -0.4 is 5.32 Å². The number of hydrogen-bond donors (Lipinski definition) is 2. The number of likely N-dealkylation sites (N-methyl/N-ethyl adjacent to an activating group) is 1. The second-order valence-electron chi connectivity index (χ2n) is 6.58. The van der Waals surface area contributed by atoms with E-state index in [2.05, 4.69) is 29.0 Å². The summed E-state index contributed by atoms with van der Waals surface area (Å²) in [5, 5.41) is 12.9. The minimum absolute atomic E-state index is 0.111. The number of aliphatic hydroxyl groups is 1. The van der Waals surface area contributed by atoms with Crippen molar-refractivity contribution in [2.75, 3.05) is 52.4 Å². The predicted octanol–water partition coefficient (Wildman–Crippen LogP) is 0.765. The summed E-state index contributed by atoms with van der Waals surface area (Å²) < 4.78 is 0. The van der Waals surface area contributed by atoms with E-state index in [0.717, 1.165) is 25.4 Å². The highest BCUT2D eigenvalue weighted by Crippen LogP contribution is 2.29. The van der Waals surface area contributed by atoms with Crippen molar-refractivity contribution in [3.8, 4) is 0 Å². The van der Waals surface area contributed by atoms with Crippen LogP contribution in [-0.4, -0.2) is 72.9 Å². The highest BCUT2D eigenvalue weighted by Gasteiger charge is 2.27. The maximum Gasteiger partial charge on any atom is 0.0611 e. The summed E-state index contributed by atoms with van der Waals surface area (Å²) in [6.07, 6.45) is 3.94. The summed E-state index contributed by atoms with van der Waals surface area (Å²) in [5.74, 6) is 1.01. The molecule has 1 aliphatic carbocycles. The van der Waals surface area contributed by atoms with Crippen molar-refractivity contribution >= 4 is 0 Å². The van der Waals surface area contributed by atoms with Gasteiger partial charge in [-0.15, -0.1) is 0 Å². The van der Waals surface area contributed by atoms with Crippen LogP contribution in [0.1, 0.15) is 33.1 Å². The molecule has 0 aromatic carbocycles. The zero-order valence-corrected chi connectivity index (χ0v) is 12.7. The Labute approximate surface area is 118 Å². The lowest BCUT2D eigenvalue weighted by Crippen LogP contribution is -2.51. The Morgan fingerprint density at radius 2 is 1.79 bits per heavy atom. The topological polar surface area (TPSA) is 38.7 Å². The van der Waals surface area contributed by atoms with Gasteiger partial charge in [0, 0.05) is 44.8 Å². The molecule has 0 aromatic heterocycles. The van der Waals surface area contributed by atoms with Crippen molar-refractivity contribution in [2.45, 2.75) is 38.6 Å². The molecule has 0 bridgehead atoms. The quantitative estimate of drug-likeness (QED) is 0.682. The van der Waals surface area contributed by atoms with Crippen LogP contribution in [0.25, 0.3) is 0 Å².